The SMILES string of the molecule is O=C(NC(C(=O)N1CCOCC1)C1CCN(C(=O)C2CCCC2)CC1)c1ccc(F)cc1. The zero-order valence-corrected chi connectivity index (χ0v) is 18.4. The third-order valence-corrected chi connectivity index (χ3v) is 7.01. The van der Waals surface area contributed by atoms with Gasteiger partial charge in [-0.3, -0.25) is 14.4 Å². The van der Waals surface area contributed by atoms with E-state index < -0.39 is 11.9 Å². The zero-order chi connectivity index (χ0) is 22.5. The predicted molar refractivity (Wildman–Crippen MR) is 116 cm³/mol. The van der Waals surface area contributed by atoms with E-state index >= 15 is 0 Å². The Bertz CT molecular complexity index is 811. The number of halogens is 1. The third-order valence-electron chi connectivity index (χ3n) is 7.01. The monoisotopic (exact) mass is 445 g/mol. The molecule has 8 heteroatoms. The number of rotatable bonds is 5. The van der Waals surface area contributed by atoms with Crippen LogP contribution in [0.5, 0.6) is 0 Å². The predicted octanol–water partition coefficient (Wildman–Crippen LogP) is 2.21. The van der Waals surface area contributed by atoms with Crippen LogP contribution in [0.25, 0.3) is 0 Å². The molecule has 0 aromatic heterocycles. The Morgan fingerprint density at radius 2 is 1.53 bits per heavy atom. The van der Waals surface area contributed by atoms with Crippen molar-refractivity contribution in [3.8, 4) is 0 Å². The maximum Gasteiger partial charge on any atom is 0.251 e. The van der Waals surface area contributed by atoms with Crippen LogP contribution in [0, 0.1) is 17.7 Å². The van der Waals surface area contributed by atoms with Crippen LogP contribution >= 0.6 is 0 Å². The molecule has 1 N–H and O–H groups in total. The van der Waals surface area contributed by atoms with Crippen LogP contribution in [0.1, 0.15) is 48.9 Å². The minimum Gasteiger partial charge on any atom is -0.378 e. The number of hydrogen-bond donors (Lipinski definition) is 1. The Morgan fingerprint density at radius 1 is 0.906 bits per heavy atom. The minimum atomic E-state index is -0.672. The molecule has 3 fully saturated rings. The average molecular weight is 446 g/mol. The van der Waals surface area contributed by atoms with Crippen LogP contribution in [0.4, 0.5) is 4.39 Å². The maximum atomic E-state index is 13.4. The zero-order valence-electron chi connectivity index (χ0n) is 18.4. The molecule has 3 amide bonds. The van der Waals surface area contributed by atoms with Crippen molar-refractivity contribution in [1.29, 1.82) is 0 Å². The van der Waals surface area contributed by atoms with E-state index in [-0.39, 0.29) is 29.6 Å². The molecule has 1 aromatic carbocycles. The lowest BCUT2D eigenvalue weighted by Gasteiger charge is -2.39. The van der Waals surface area contributed by atoms with Gasteiger partial charge in [-0.05, 0) is 55.9 Å². The van der Waals surface area contributed by atoms with Crippen LogP contribution in [0.15, 0.2) is 24.3 Å². The number of ether oxygens (including phenoxy) is 1. The van der Waals surface area contributed by atoms with E-state index in [2.05, 4.69) is 5.32 Å². The largest absolute Gasteiger partial charge is 0.378 e. The molecule has 1 atom stereocenters. The molecule has 2 saturated heterocycles. The number of amides is 3. The van der Waals surface area contributed by atoms with E-state index in [1.54, 1.807) is 4.90 Å². The highest BCUT2D eigenvalue weighted by Crippen LogP contribution is 2.29. The second-order valence-corrected chi connectivity index (χ2v) is 9.04. The summed E-state index contributed by atoms with van der Waals surface area (Å²) in [5.41, 5.74) is 0.319. The van der Waals surface area contributed by atoms with Gasteiger partial charge < -0.3 is 19.9 Å². The summed E-state index contributed by atoms with van der Waals surface area (Å²) in [7, 11) is 0. The summed E-state index contributed by atoms with van der Waals surface area (Å²) in [6.45, 7) is 3.19. The number of benzene rings is 1. The van der Waals surface area contributed by atoms with Gasteiger partial charge in [0.1, 0.15) is 11.9 Å². The van der Waals surface area contributed by atoms with Gasteiger partial charge in [0.05, 0.1) is 13.2 Å². The molecule has 174 valence electrons. The second-order valence-electron chi connectivity index (χ2n) is 9.04. The van der Waals surface area contributed by atoms with E-state index in [0.29, 0.717) is 57.8 Å². The molecule has 4 rings (SSSR count). The van der Waals surface area contributed by atoms with Crippen molar-refractivity contribution < 1.29 is 23.5 Å². The van der Waals surface area contributed by atoms with E-state index in [9.17, 15) is 18.8 Å². The number of hydrogen-bond acceptors (Lipinski definition) is 4. The number of carbonyl (C=O) groups is 3. The standard InChI is InChI=1S/C24H32FN3O4/c25-20-7-5-18(6-8-20)22(29)26-21(24(31)28-13-15-32-16-14-28)17-9-11-27(12-10-17)23(30)19-3-1-2-4-19/h5-8,17,19,21H,1-4,9-16H2,(H,26,29). The van der Waals surface area contributed by atoms with Crippen molar-refractivity contribution in [2.24, 2.45) is 11.8 Å². The molecule has 2 heterocycles. The van der Waals surface area contributed by atoms with Gasteiger partial charge >= 0.3 is 0 Å². The number of nitrogens with one attached hydrogen (secondary N) is 1. The summed E-state index contributed by atoms with van der Waals surface area (Å²) in [6.07, 6.45) is 5.54. The van der Waals surface area contributed by atoms with E-state index in [1.165, 1.54) is 24.3 Å². The Balaban J connectivity index is 1.43. The molecule has 3 aliphatic rings. The van der Waals surface area contributed by atoms with Gasteiger partial charge in [0.2, 0.25) is 11.8 Å². The molecule has 2 aliphatic heterocycles. The van der Waals surface area contributed by atoms with Crippen LogP contribution in [0.3, 0.4) is 0 Å². The second kappa shape index (κ2) is 10.4. The van der Waals surface area contributed by atoms with E-state index in [4.69, 9.17) is 4.74 Å². The van der Waals surface area contributed by atoms with Crippen molar-refractivity contribution in [3.63, 3.8) is 0 Å². The average Bonchev–Trinajstić information content (AvgIpc) is 3.38. The lowest BCUT2D eigenvalue weighted by atomic mass is 9.87. The van der Waals surface area contributed by atoms with E-state index in [0.717, 1.165) is 25.7 Å². The summed E-state index contributed by atoms with van der Waals surface area (Å²) in [5, 5.41) is 2.92. The fourth-order valence-corrected chi connectivity index (χ4v) is 5.07. The highest BCUT2D eigenvalue weighted by Gasteiger charge is 2.37. The molecule has 32 heavy (non-hydrogen) atoms. The Kier molecular flexibility index (Phi) is 7.40. The third kappa shape index (κ3) is 5.28. The van der Waals surface area contributed by atoms with Crippen LogP contribution in [0.2, 0.25) is 0 Å². The first-order chi connectivity index (χ1) is 15.5. The molecule has 1 unspecified atom stereocenters. The van der Waals surface area contributed by atoms with Crippen LogP contribution in [-0.4, -0.2) is 73.0 Å². The summed E-state index contributed by atoms with van der Waals surface area (Å²) in [4.78, 5) is 42.7. The molecule has 1 aromatic rings. The topological polar surface area (TPSA) is 79.0 Å². The van der Waals surface area contributed by atoms with Gasteiger partial charge in [-0.1, -0.05) is 12.8 Å². The van der Waals surface area contributed by atoms with Crippen molar-refractivity contribution >= 4 is 17.7 Å². The van der Waals surface area contributed by atoms with Gasteiger partial charge in [-0.2, -0.15) is 0 Å². The van der Waals surface area contributed by atoms with Gasteiger partial charge in [0.15, 0.2) is 0 Å². The summed E-state index contributed by atoms with van der Waals surface area (Å²) in [6, 6.07) is 4.64. The Morgan fingerprint density at radius 3 is 2.16 bits per heavy atom. The summed E-state index contributed by atoms with van der Waals surface area (Å²) in [5.74, 6) is -0.572. The number of morpholine rings is 1. The van der Waals surface area contributed by atoms with Gasteiger partial charge in [0.25, 0.3) is 5.91 Å². The van der Waals surface area contributed by atoms with Crippen molar-refractivity contribution in [3.05, 3.63) is 35.6 Å². The number of piperidine rings is 1. The molecule has 0 spiro atoms. The number of carbonyl (C=O) groups excluding carboxylic acids is 3. The first-order valence-corrected chi connectivity index (χ1v) is 11.7. The minimum absolute atomic E-state index is 0.0534. The first kappa shape index (κ1) is 22.7. The Hall–Kier alpha value is -2.48. The number of likely N-dealkylation sites (tertiary alicyclic amines) is 1. The van der Waals surface area contributed by atoms with Gasteiger partial charge in [-0.25, -0.2) is 4.39 Å². The van der Waals surface area contributed by atoms with Crippen LogP contribution < -0.4 is 5.32 Å². The summed E-state index contributed by atoms with van der Waals surface area (Å²) < 4.78 is 18.6. The maximum absolute atomic E-state index is 13.4. The lowest BCUT2D eigenvalue weighted by molar-refractivity contribution is -0.140. The molecule has 1 saturated carbocycles. The first-order valence-electron chi connectivity index (χ1n) is 11.7. The van der Waals surface area contributed by atoms with Gasteiger partial charge in [-0.15, -0.1) is 0 Å². The van der Waals surface area contributed by atoms with Crippen molar-refractivity contribution in [2.45, 2.75) is 44.6 Å². The normalized spacial score (nSPS) is 21.4. The molecule has 1 aliphatic carbocycles. The van der Waals surface area contributed by atoms with Crippen molar-refractivity contribution in [1.82, 2.24) is 15.1 Å². The Labute approximate surface area is 188 Å². The van der Waals surface area contributed by atoms with E-state index in [1.807, 2.05) is 4.90 Å². The molecule has 0 radical (unpaired) electrons. The van der Waals surface area contributed by atoms with Crippen molar-refractivity contribution in [2.75, 3.05) is 39.4 Å². The fourth-order valence-electron chi connectivity index (χ4n) is 5.07. The quantitative estimate of drug-likeness (QED) is 0.754. The van der Waals surface area contributed by atoms with Crippen LogP contribution in [-0.2, 0) is 14.3 Å². The molecule has 7 nitrogen and oxygen atoms in total. The number of nitrogens with zero attached hydrogens (tertiary/aromatic N) is 2. The van der Waals surface area contributed by atoms with Gasteiger partial charge in [0, 0.05) is 37.7 Å². The highest BCUT2D eigenvalue weighted by atomic mass is 19.1. The molecule has 0 bridgehead atoms. The summed E-state index contributed by atoms with van der Waals surface area (Å²) >= 11 is 0. The smallest absolute Gasteiger partial charge is 0.251 e. The lowest BCUT2D eigenvalue weighted by Crippen LogP contribution is -2.56. The fraction of sp³-hybridized carbons (Fsp3) is 0.625. The molecular formula is C24H32FN3O4. The molecular weight excluding hydrogens is 413 g/mol. The highest BCUT2D eigenvalue weighted by molar-refractivity contribution is 5.97.